The molecular formula is C28H39FO2. The Morgan fingerprint density at radius 2 is 1.68 bits per heavy atom. The van der Waals surface area contributed by atoms with E-state index in [1.165, 1.54) is 31.4 Å². The summed E-state index contributed by atoms with van der Waals surface area (Å²) in [6, 6.07) is 4.81. The molecule has 0 unspecified atom stereocenters. The van der Waals surface area contributed by atoms with E-state index in [-0.39, 0.29) is 22.9 Å². The Labute approximate surface area is 187 Å². The average Bonchev–Trinajstić information content (AvgIpc) is 3.04. The zero-order valence-corrected chi connectivity index (χ0v) is 19.7. The van der Waals surface area contributed by atoms with Crippen LogP contribution in [-0.4, -0.2) is 16.5 Å². The second-order valence-corrected chi connectivity index (χ2v) is 12.4. The Morgan fingerprint density at radius 3 is 2.42 bits per heavy atom. The summed E-state index contributed by atoms with van der Waals surface area (Å²) in [5, 5.41) is 10.7. The Bertz CT molecular complexity index is 871. The third-order valence-electron chi connectivity index (χ3n) is 10.6. The van der Waals surface area contributed by atoms with Crippen LogP contribution < -0.4 is 0 Å². The highest BCUT2D eigenvalue weighted by molar-refractivity contribution is 5.98. The molecule has 170 valence electrons. The van der Waals surface area contributed by atoms with Gasteiger partial charge < -0.3 is 5.11 Å². The fourth-order valence-electron chi connectivity index (χ4n) is 8.94. The second-order valence-electron chi connectivity index (χ2n) is 12.4. The van der Waals surface area contributed by atoms with Gasteiger partial charge in [0.2, 0.25) is 0 Å². The van der Waals surface area contributed by atoms with E-state index in [1.54, 1.807) is 0 Å². The number of carbonyl (C=O) groups is 1. The van der Waals surface area contributed by atoms with Crippen LogP contribution in [0.25, 0.3) is 0 Å². The third-order valence-corrected chi connectivity index (χ3v) is 10.6. The molecule has 0 heterocycles. The van der Waals surface area contributed by atoms with Crippen molar-refractivity contribution in [2.45, 2.75) is 91.1 Å². The standard InChI is InChI=1S/C28H39FO2/c1-17-13-18(15-20(29)14-17)25(30)24-8-7-22-21-6-5-19-16-26(2,31)11-12-27(19,3)23(21)9-10-28(22,24)4/h13-15,19,21-24,31H,5-12,16H2,1-4H3/t19-,21-,22-,23-,24+,26+,27-,28-/m0/s1. The number of rotatable bonds is 2. The predicted octanol–water partition coefficient (Wildman–Crippen LogP) is 6.73. The highest BCUT2D eigenvalue weighted by atomic mass is 19.1. The van der Waals surface area contributed by atoms with Gasteiger partial charge in [-0.05, 0) is 130 Å². The van der Waals surface area contributed by atoms with Crippen molar-refractivity contribution < 1.29 is 14.3 Å². The van der Waals surface area contributed by atoms with Crippen LogP contribution in [0.2, 0.25) is 0 Å². The third kappa shape index (κ3) is 3.33. The number of aryl methyl sites for hydroxylation is 1. The summed E-state index contributed by atoms with van der Waals surface area (Å²) in [5.74, 6) is 2.56. The van der Waals surface area contributed by atoms with Crippen molar-refractivity contribution in [2.24, 2.45) is 40.4 Å². The van der Waals surface area contributed by atoms with E-state index in [4.69, 9.17) is 0 Å². The van der Waals surface area contributed by atoms with Crippen LogP contribution >= 0.6 is 0 Å². The van der Waals surface area contributed by atoms with E-state index in [0.29, 0.717) is 28.7 Å². The molecule has 5 rings (SSSR count). The smallest absolute Gasteiger partial charge is 0.166 e. The Morgan fingerprint density at radius 1 is 0.935 bits per heavy atom. The van der Waals surface area contributed by atoms with Gasteiger partial charge in [0.15, 0.2) is 5.78 Å². The normalized spacial score (nSPS) is 46.7. The largest absolute Gasteiger partial charge is 0.390 e. The lowest BCUT2D eigenvalue weighted by molar-refractivity contribution is -0.144. The molecule has 3 heteroatoms. The minimum Gasteiger partial charge on any atom is -0.390 e. The van der Waals surface area contributed by atoms with Crippen LogP contribution in [0.4, 0.5) is 4.39 Å². The molecule has 0 aromatic heterocycles. The van der Waals surface area contributed by atoms with E-state index < -0.39 is 5.60 Å². The molecule has 4 aliphatic carbocycles. The van der Waals surface area contributed by atoms with Gasteiger partial charge in [-0.1, -0.05) is 13.8 Å². The van der Waals surface area contributed by atoms with Gasteiger partial charge in [-0.2, -0.15) is 0 Å². The van der Waals surface area contributed by atoms with Gasteiger partial charge in [-0.25, -0.2) is 4.39 Å². The minimum atomic E-state index is -0.492. The van der Waals surface area contributed by atoms with Crippen molar-refractivity contribution in [3.05, 3.63) is 35.1 Å². The molecular weight excluding hydrogens is 387 g/mol. The molecule has 0 amide bonds. The first-order valence-electron chi connectivity index (χ1n) is 12.6. The van der Waals surface area contributed by atoms with Crippen molar-refractivity contribution in [2.75, 3.05) is 0 Å². The number of carbonyl (C=O) groups excluding carboxylic acids is 1. The molecule has 1 aromatic carbocycles. The fourth-order valence-corrected chi connectivity index (χ4v) is 8.94. The van der Waals surface area contributed by atoms with Crippen molar-refractivity contribution in [1.29, 1.82) is 0 Å². The number of Topliss-reactive ketones (excluding diaryl/α,β-unsaturated/α-hetero) is 1. The van der Waals surface area contributed by atoms with E-state index >= 15 is 0 Å². The molecule has 0 aliphatic heterocycles. The average molecular weight is 427 g/mol. The molecule has 0 radical (unpaired) electrons. The molecule has 2 nitrogen and oxygen atoms in total. The Kier molecular flexibility index (Phi) is 4.98. The Hall–Kier alpha value is -1.22. The number of hydrogen-bond acceptors (Lipinski definition) is 2. The first-order chi connectivity index (χ1) is 14.5. The van der Waals surface area contributed by atoms with E-state index in [0.717, 1.165) is 50.0 Å². The molecule has 0 spiro atoms. The molecule has 1 aromatic rings. The lowest BCUT2D eigenvalue weighted by Gasteiger charge is -2.61. The van der Waals surface area contributed by atoms with Crippen LogP contribution in [0.15, 0.2) is 18.2 Å². The van der Waals surface area contributed by atoms with E-state index in [1.807, 2.05) is 19.9 Å². The van der Waals surface area contributed by atoms with Gasteiger partial charge in [0, 0.05) is 11.5 Å². The molecule has 0 saturated heterocycles. The first-order valence-corrected chi connectivity index (χ1v) is 12.6. The van der Waals surface area contributed by atoms with Crippen LogP contribution in [0.1, 0.15) is 94.5 Å². The number of fused-ring (bicyclic) bond motifs is 5. The van der Waals surface area contributed by atoms with Crippen LogP contribution in [0, 0.1) is 53.2 Å². The number of halogens is 1. The summed E-state index contributed by atoms with van der Waals surface area (Å²) in [7, 11) is 0. The van der Waals surface area contributed by atoms with Gasteiger partial charge in [-0.15, -0.1) is 0 Å². The summed E-state index contributed by atoms with van der Waals surface area (Å²) >= 11 is 0. The second kappa shape index (κ2) is 7.14. The molecule has 4 saturated carbocycles. The van der Waals surface area contributed by atoms with E-state index in [2.05, 4.69) is 13.8 Å². The van der Waals surface area contributed by atoms with Gasteiger partial charge in [0.05, 0.1) is 5.60 Å². The van der Waals surface area contributed by atoms with Crippen molar-refractivity contribution >= 4 is 5.78 Å². The van der Waals surface area contributed by atoms with Crippen molar-refractivity contribution in [3.8, 4) is 0 Å². The highest BCUT2D eigenvalue weighted by Gasteiger charge is 2.61. The topological polar surface area (TPSA) is 37.3 Å². The maximum atomic E-state index is 14.0. The van der Waals surface area contributed by atoms with Gasteiger partial charge in [-0.3, -0.25) is 4.79 Å². The molecule has 0 bridgehead atoms. The maximum Gasteiger partial charge on any atom is 0.166 e. The number of ketones is 1. The maximum absolute atomic E-state index is 14.0. The van der Waals surface area contributed by atoms with Crippen LogP contribution in [-0.2, 0) is 0 Å². The lowest BCUT2D eigenvalue weighted by atomic mass is 9.44. The number of benzene rings is 1. The lowest BCUT2D eigenvalue weighted by Crippen LogP contribution is -2.55. The summed E-state index contributed by atoms with van der Waals surface area (Å²) in [5.41, 5.74) is 1.28. The minimum absolute atomic E-state index is 0.0252. The van der Waals surface area contributed by atoms with Gasteiger partial charge in [0.1, 0.15) is 5.82 Å². The monoisotopic (exact) mass is 426 g/mol. The number of hydrogen-bond donors (Lipinski definition) is 1. The zero-order chi connectivity index (χ0) is 22.2. The van der Waals surface area contributed by atoms with Crippen LogP contribution in [0.3, 0.4) is 0 Å². The molecule has 8 atom stereocenters. The SMILES string of the molecule is Cc1cc(F)cc(C(=O)[C@H]2CC[C@H]3[C@@H]4CC[C@H]5C[C@](C)(O)CC[C@]5(C)[C@H]4CC[C@]23C)c1. The molecule has 4 aliphatic rings. The van der Waals surface area contributed by atoms with Crippen LogP contribution in [0.5, 0.6) is 0 Å². The fraction of sp³-hybridized carbons (Fsp3) is 0.750. The summed E-state index contributed by atoms with van der Waals surface area (Å²) in [6.45, 7) is 8.78. The molecule has 4 fully saturated rings. The molecule has 1 N–H and O–H groups in total. The van der Waals surface area contributed by atoms with E-state index in [9.17, 15) is 14.3 Å². The summed E-state index contributed by atoms with van der Waals surface area (Å²) in [4.78, 5) is 13.5. The number of aliphatic hydroxyl groups is 1. The van der Waals surface area contributed by atoms with Gasteiger partial charge in [0.25, 0.3) is 0 Å². The van der Waals surface area contributed by atoms with Gasteiger partial charge >= 0.3 is 0 Å². The Balaban J connectivity index is 1.40. The summed E-state index contributed by atoms with van der Waals surface area (Å²) < 4.78 is 14.0. The summed E-state index contributed by atoms with van der Waals surface area (Å²) in [6.07, 6.45) is 9.90. The quantitative estimate of drug-likeness (QED) is 0.533. The zero-order valence-electron chi connectivity index (χ0n) is 19.7. The first kappa shape index (κ1) is 21.6. The highest BCUT2D eigenvalue weighted by Crippen LogP contribution is 2.68. The predicted molar refractivity (Wildman–Crippen MR) is 121 cm³/mol. The van der Waals surface area contributed by atoms with Crippen molar-refractivity contribution in [1.82, 2.24) is 0 Å². The van der Waals surface area contributed by atoms with Crippen molar-refractivity contribution in [3.63, 3.8) is 0 Å². The molecule has 31 heavy (non-hydrogen) atoms.